The van der Waals surface area contributed by atoms with Gasteiger partial charge in [-0.3, -0.25) is 4.79 Å². The van der Waals surface area contributed by atoms with Crippen LogP contribution >= 0.6 is 0 Å². The summed E-state index contributed by atoms with van der Waals surface area (Å²) in [6.45, 7) is 4.63. The number of nitrogens with zero attached hydrogens (tertiary/aromatic N) is 1. The third-order valence-corrected chi connectivity index (χ3v) is 5.06. The van der Waals surface area contributed by atoms with Crippen LogP contribution in [-0.2, 0) is 16.1 Å². The van der Waals surface area contributed by atoms with Gasteiger partial charge in [0.1, 0.15) is 0 Å². The van der Waals surface area contributed by atoms with Gasteiger partial charge in [-0.1, -0.05) is 35.7 Å². The Morgan fingerprint density at radius 2 is 2.05 bits per heavy atom. The van der Waals surface area contributed by atoms with Crippen LogP contribution in [0.2, 0.25) is 0 Å². The Kier molecular flexibility index (Phi) is 4.22. The van der Waals surface area contributed by atoms with Gasteiger partial charge in [0.05, 0.1) is 6.54 Å². The lowest BCUT2D eigenvalue weighted by atomic mass is 9.93. The van der Waals surface area contributed by atoms with Crippen LogP contribution in [0.4, 0.5) is 0 Å². The molecule has 2 aliphatic rings. The molecule has 1 aliphatic heterocycles. The van der Waals surface area contributed by atoms with Gasteiger partial charge in [0.2, 0.25) is 5.91 Å². The van der Waals surface area contributed by atoms with E-state index in [0.717, 1.165) is 38.0 Å². The molecule has 2 fully saturated rings. The Morgan fingerprint density at radius 3 is 2.68 bits per heavy atom. The summed E-state index contributed by atoms with van der Waals surface area (Å²) in [6.07, 6.45) is 8.50. The van der Waals surface area contributed by atoms with E-state index in [2.05, 4.69) is 37.1 Å². The molecule has 1 aromatic rings. The van der Waals surface area contributed by atoms with Crippen molar-refractivity contribution in [1.82, 2.24) is 4.90 Å². The van der Waals surface area contributed by atoms with E-state index in [9.17, 15) is 4.79 Å². The van der Waals surface area contributed by atoms with Crippen molar-refractivity contribution in [2.75, 3.05) is 19.8 Å². The van der Waals surface area contributed by atoms with Crippen molar-refractivity contribution < 1.29 is 9.53 Å². The highest BCUT2D eigenvalue weighted by molar-refractivity contribution is 5.83. The maximum absolute atomic E-state index is 12.8. The summed E-state index contributed by atoms with van der Waals surface area (Å²) in [5, 5.41) is 0. The van der Waals surface area contributed by atoms with Crippen LogP contribution in [0.1, 0.15) is 30.4 Å². The molecule has 1 saturated heterocycles. The molecule has 1 saturated carbocycles. The third-order valence-electron chi connectivity index (χ3n) is 5.06. The molecule has 1 aromatic carbocycles. The van der Waals surface area contributed by atoms with Crippen LogP contribution in [-0.4, -0.2) is 30.6 Å². The predicted molar refractivity (Wildman–Crippen MR) is 86.0 cm³/mol. The molecule has 1 heterocycles. The number of aryl methyl sites for hydroxylation is 1. The van der Waals surface area contributed by atoms with Gasteiger partial charge in [0, 0.05) is 25.7 Å². The zero-order valence-corrected chi connectivity index (χ0v) is 13.2. The van der Waals surface area contributed by atoms with Gasteiger partial charge in [-0.05, 0) is 37.2 Å². The average Bonchev–Trinajstić information content (AvgIpc) is 3.22. The monoisotopic (exact) mass is 297 g/mol. The zero-order valence-electron chi connectivity index (χ0n) is 13.2. The Balaban J connectivity index is 1.67. The lowest BCUT2D eigenvalue weighted by Crippen LogP contribution is -2.34. The summed E-state index contributed by atoms with van der Waals surface area (Å²) < 4.78 is 5.43. The third kappa shape index (κ3) is 3.03. The summed E-state index contributed by atoms with van der Waals surface area (Å²) in [4.78, 5) is 14.7. The van der Waals surface area contributed by atoms with Crippen molar-refractivity contribution in [3.05, 3.63) is 35.4 Å². The first-order valence-corrected chi connectivity index (χ1v) is 8.00. The van der Waals surface area contributed by atoms with Gasteiger partial charge in [0.15, 0.2) is 0 Å². The van der Waals surface area contributed by atoms with Crippen LogP contribution in [0, 0.1) is 30.6 Å². The molecule has 116 valence electrons. The lowest BCUT2D eigenvalue weighted by Gasteiger charge is -2.26. The van der Waals surface area contributed by atoms with Crippen LogP contribution in [0.25, 0.3) is 0 Å². The highest BCUT2D eigenvalue weighted by atomic mass is 16.5. The second-order valence-electron chi connectivity index (χ2n) is 6.62. The number of amides is 1. The molecule has 3 nitrogen and oxygen atoms in total. The predicted octanol–water partition coefficient (Wildman–Crippen LogP) is 2.77. The summed E-state index contributed by atoms with van der Waals surface area (Å²) >= 11 is 0. The first-order valence-electron chi connectivity index (χ1n) is 8.00. The van der Waals surface area contributed by atoms with Crippen LogP contribution in [0.3, 0.4) is 0 Å². The molecule has 1 atom stereocenters. The minimum Gasteiger partial charge on any atom is -0.381 e. The number of benzene rings is 1. The van der Waals surface area contributed by atoms with Gasteiger partial charge >= 0.3 is 0 Å². The Hall–Kier alpha value is -1.79. The number of carbonyl (C=O) groups excluding carboxylic acids is 1. The number of hydrogen-bond donors (Lipinski definition) is 0. The van der Waals surface area contributed by atoms with Gasteiger partial charge in [-0.15, -0.1) is 6.42 Å². The largest absolute Gasteiger partial charge is 0.381 e. The summed E-state index contributed by atoms with van der Waals surface area (Å²) in [6, 6.07) is 8.29. The molecule has 0 aromatic heterocycles. The highest BCUT2D eigenvalue weighted by Crippen LogP contribution is 2.59. The van der Waals surface area contributed by atoms with Crippen molar-refractivity contribution in [2.24, 2.45) is 11.3 Å². The van der Waals surface area contributed by atoms with Gasteiger partial charge in [0.25, 0.3) is 0 Å². The van der Waals surface area contributed by atoms with Crippen LogP contribution in [0.5, 0.6) is 0 Å². The molecule has 1 aliphatic carbocycles. The minimum absolute atomic E-state index is 0.148. The second-order valence-corrected chi connectivity index (χ2v) is 6.62. The standard InChI is InChI=1S/C19H23NO2/c1-3-10-20(14-16-6-4-15(2)5-7-16)18(21)17-13-19(17)8-11-22-12-9-19/h1,4-7,17H,8-14H2,2H3/t17-/m0/s1. The molecule has 1 spiro atoms. The first kappa shape index (κ1) is 15.1. The molecule has 3 rings (SSSR count). The average molecular weight is 297 g/mol. The quantitative estimate of drug-likeness (QED) is 0.800. The molecular weight excluding hydrogens is 274 g/mol. The fourth-order valence-corrected chi connectivity index (χ4v) is 3.48. The number of ether oxygens (including phenoxy) is 1. The fourth-order valence-electron chi connectivity index (χ4n) is 3.48. The van der Waals surface area contributed by atoms with E-state index in [1.807, 2.05) is 4.90 Å². The van der Waals surface area contributed by atoms with Gasteiger partial charge < -0.3 is 9.64 Å². The number of terminal acetylenes is 1. The van der Waals surface area contributed by atoms with Crippen molar-refractivity contribution in [1.29, 1.82) is 0 Å². The van der Waals surface area contributed by atoms with E-state index in [-0.39, 0.29) is 17.2 Å². The summed E-state index contributed by atoms with van der Waals surface area (Å²) in [5.41, 5.74) is 2.56. The first-order chi connectivity index (χ1) is 10.6. The SMILES string of the molecule is C#CCN(Cc1ccc(C)cc1)C(=O)[C@@H]1CC12CCOCC2. The van der Waals surface area contributed by atoms with E-state index in [0.29, 0.717) is 13.1 Å². The molecular formula is C19H23NO2. The van der Waals surface area contributed by atoms with Gasteiger partial charge in [-0.25, -0.2) is 0 Å². The van der Waals surface area contributed by atoms with Crippen molar-refractivity contribution in [3.63, 3.8) is 0 Å². The minimum atomic E-state index is 0.148. The zero-order chi connectivity index (χ0) is 15.6. The normalized spacial score (nSPS) is 22.1. The van der Waals surface area contributed by atoms with E-state index in [4.69, 9.17) is 11.2 Å². The van der Waals surface area contributed by atoms with Crippen molar-refractivity contribution in [2.45, 2.75) is 32.7 Å². The number of carbonyl (C=O) groups is 1. The van der Waals surface area contributed by atoms with E-state index >= 15 is 0 Å². The molecule has 0 unspecified atom stereocenters. The Morgan fingerprint density at radius 1 is 1.36 bits per heavy atom. The van der Waals surface area contributed by atoms with Gasteiger partial charge in [-0.2, -0.15) is 0 Å². The molecule has 22 heavy (non-hydrogen) atoms. The van der Waals surface area contributed by atoms with E-state index in [1.54, 1.807) is 0 Å². The smallest absolute Gasteiger partial charge is 0.227 e. The number of rotatable bonds is 4. The topological polar surface area (TPSA) is 29.5 Å². The summed E-state index contributed by atoms with van der Waals surface area (Å²) in [7, 11) is 0. The lowest BCUT2D eigenvalue weighted by molar-refractivity contribution is -0.134. The second kappa shape index (κ2) is 6.14. The van der Waals surface area contributed by atoms with E-state index < -0.39 is 0 Å². The van der Waals surface area contributed by atoms with Crippen LogP contribution in [0.15, 0.2) is 24.3 Å². The molecule has 0 bridgehead atoms. The highest BCUT2D eigenvalue weighted by Gasteiger charge is 2.58. The van der Waals surface area contributed by atoms with Crippen LogP contribution < -0.4 is 0 Å². The number of hydrogen-bond acceptors (Lipinski definition) is 2. The van der Waals surface area contributed by atoms with Crippen molar-refractivity contribution >= 4 is 5.91 Å². The molecule has 0 radical (unpaired) electrons. The molecule has 3 heteroatoms. The molecule has 0 N–H and O–H groups in total. The Bertz CT molecular complexity index is 578. The van der Waals surface area contributed by atoms with E-state index in [1.165, 1.54) is 5.56 Å². The molecule has 1 amide bonds. The van der Waals surface area contributed by atoms with Crippen molar-refractivity contribution in [3.8, 4) is 12.3 Å². The maximum atomic E-state index is 12.8. The maximum Gasteiger partial charge on any atom is 0.227 e. The Labute approximate surface area is 132 Å². The fraction of sp³-hybridized carbons (Fsp3) is 0.526. The summed E-state index contributed by atoms with van der Waals surface area (Å²) in [5.74, 6) is 3.01.